The van der Waals surface area contributed by atoms with Crippen molar-refractivity contribution in [2.75, 3.05) is 6.54 Å². The van der Waals surface area contributed by atoms with Crippen molar-refractivity contribution in [3.63, 3.8) is 0 Å². The van der Waals surface area contributed by atoms with Crippen molar-refractivity contribution in [1.82, 2.24) is 10.3 Å². The molecule has 0 aliphatic heterocycles. The zero-order chi connectivity index (χ0) is 24.7. The SMILES string of the molecule is CC/C=C\C/C=C\C/C=C\C/C=C\C/C=C\CCCC(=O)CCCNC(=O)c1cccnc1C. The normalized spacial score (nSPS) is 12.2. The van der Waals surface area contributed by atoms with Gasteiger partial charge in [-0.1, -0.05) is 67.7 Å². The van der Waals surface area contributed by atoms with Crippen LogP contribution in [0.2, 0.25) is 0 Å². The Balaban J connectivity index is 1.98. The molecule has 0 bridgehead atoms. The summed E-state index contributed by atoms with van der Waals surface area (Å²) in [6.45, 7) is 4.47. The van der Waals surface area contributed by atoms with Gasteiger partial charge in [-0.25, -0.2) is 0 Å². The van der Waals surface area contributed by atoms with Gasteiger partial charge in [0, 0.05) is 31.3 Å². The number of hydrogen-bond donors (Lipinski definition) is 1. The van der Waals surface area contributed by atoms with Crippen LogP contribution >= 0.6 is 0 Å². The smallest absolute Gasteiger partial charge is 0.253 e. The van der Waals surface area contributed by atoms with Gasteiger partial charge < -0.3 is 5.32 Å². The van der Waals surface area contributed by atoms with Crippen LogP contribution in [0.3, 0.4) is 0 Å². The lowest BCUT2D eigenvalue weighted by atomic mass is 10.1. The number of allylic oxidation sites excluding steroid dienone is 10. The van der Waals surface area contributed by atoms with Crippen LogP contribution in [-0.2, 0) is 4.79 Å². The molecule has 0 spiro atoms. The second-order valence-electron chi connectivity index (χ2n) is 8.13. The van der Waals surface area contributed by atoms with E-state index >= 15 is 0 Å². The number of carbonyl (C=O) groups excluding carboxylic acids is 2. The van der Waals surface area contributed by atoms with E-state index < -0.39 is 0 Å². The van der Waals surface area contributed by atoms with Gasteiger partial charge in [0.25, 0.3) is 5.91 Å². The Hall–Kier alpha value is -3.01. The number of amides is 1. The van der Waals surface area contributed by atoms with Gasteiger partial charge in [0.15, 0.2) is 0 Å². The van der Waals surface area contributed by atoms with Crippen molar-refractivity contribution >= 4 is 11.7 Å². The lowest BCUT2D eigenvalue weighted by Gasteiger charge is -2.06. The third kappa shape index (κ3) is 15.7. The van der Waals surface area contributed by atoms with Crippen LogP contribution in [0, 0.1) is 6.92 Å². The maximum atomic E-state index is 12.1. The largest absolute Gasteiger partial charge is 0.352 e. The van der Waals surface area contributed by atoms with Gasteiger partial charge in [0.05, 0.1) is 5.56 Å². The molecule has 0 saturated carbocycles. The monoisotopic (exact) mass is 462 g/mol. The predicted molar refractivity (Wildman–Crippen MR) is 144 cm³/mol. The molecule has 0 saturated heterocycles. The molecular formula is C30H42N2O2. The summed E-state index contributed by atoms with van der Waals surface area (Å²) in [4.78, 5) is 28.2. The summed E-state index contributed by atoms with van der Waals surface area (Å²) in [5.41, 5.74) is 1.30. The van der Waals surface area contributed by atoms with Crippen LogP contribution in [-0.4, -0.2) is 23.2 Å². The van der Waals surface area contributed by atoms with E-state index in [0.29, 0.717) is 37.1 Å². The molecule has 184 valence electrons. The van der Waals surface area contributed by atoms with Crippen LogP contribution in [0.5, 0.6) is 0 Å². The van der Waals surface area contributed by atoms with Crippen molar-refractivity contribution in [3.8, 4) is 0 Å². The Labute approximate surface area is 206 Å². The zero-order valence-electron chi connectivity index (χ0n) is 21.0. The molecule has 0 atom stereocenters. The van der Waals surface area contributed by atoms with Gasteiger partial charge >= 0.3 is 0 Å². The van der Waals surface area contributed by atoms with Gasteiger partial charge in [-0.05, 0) is 70.4 Å². The Morgan fingerprint density at radius 1 is 0.824 bits per heavy atom. The molecule has 0 unspecified atom stereocenters. The highest BCUT2D eigenvalue weighted by Gasteiger charge is 2.08. The number of nitrogens with one attached hydrogen (secondary N) is 1. The number of Topliss-reactive ketones (excluding diaryl/α,β-unsaturated/α-hetero) is 1. The minimum atomic E-state index is -0.128. The summed E-state index contributed by atoms with van der Waals surface area (Å²) in [6.07, 6.45) is 32.2. The third-order valence-corrected chi connectivity index (χ3v) is 5.15. The van der Waals surface area contributed by atoms with E-state index in [-0.39, 0.29) is 11.7 Å². The molecule has 1 aromatic rings. The van der Waals surface area contributed by atoms with Crippen molar-refractivity contribution in [1.29, 1.82) is 0 Å². The van der Waals surface area contributed by atoms with Gasteiger partial charge in [0.1, 0.15) is 5.78 Å². The summed E-state index contributed by atoms with van der Waals surface area (Å²) in [6, 6.07) is 3.51. The maximum Gasteiger partial charge on any atom is 0.253 e. The van der Waals surface area contributed by atoms with Crippen molar-refractivity contribution < 1.29 is 9.59 Å². The molecule has 0 aliphatic carbocycles. The Kier molecular flexibility index (Phi) is 17.6. The van der Waals surface area contributed by atoms with E-state index in [1.165, 1.54) is 0 Å². The molecular weight excluding hydrogens is 420 g/mol. The molecule has 1 N–H and O–H groups in total. The summed E-state index contributed by atoms with van der Waals surface area (Å²) in [5.74, 6) is 0.135. The minimum Gasteiger partial charge on any atom is -0.352 e. The number of hydrogen-bond acceptors (Lipinski definition) is 3. The Bertz CT molecular complexity index is 847. The van der Waals surface area contributed by atoms with Crippen LogP contribution in [0.4, 0.5) is 0 Å². The molecule has 34 heavy (non-hydrogen) atoms. The topological polar surface area (TPSA) is 59.1 Å². The summed E-state index contributed by atoms with van der Waals surface area (Å²) >= 11 is 0. The van der Waals surface area contributed by atoms with E-state index in [0.717, 1.165) is 44.9 Å². The number of aryl methyl sites for hydroxylation is 1. The van der Waals surface area contributed by atoms with E-state index in [1.54, 1.807) is 18.3 Å². The fraction of sp³-hybridized carbons (Fsp3) is 0.433. The molecule has 1 aromatic heterocycles. The van der Waals surface area contributed by atoms with Crippen LogP contribution < -0.4 is 5.32 Å². The van der Waals surface area contributed by atoms with Gasteiger partial charge in [0.2, 0.25) is 0 Å². The number of rotatable bonds is 18. The highest BCUT2D eigenvalue weighted by molar-refractivity contribution is 5.95. The second kappa shape index (κ2) is 20.6. The van der Waals surface area contributed by atoms with Crippen LogP contribution in [0.15, 0.2) is 79.1 Å². The fourth-order valence-corrected chi connectivity index (χ4v) is 3.22. The number of carbonyl (C=O) groups is 2. The first-order valence-electron chi connectivity index (χ1n) is 12.6. The average Bonchev–Trinajstić information content (AvgIpc) is 2.84. The highest BCUT2D eigenvalue weighted by atomic mass is 16.1. The third-order valence-electron chi connectivity index (χ3n) is 5.15. The van der Waals surface area contributed by atoms with E-state index in [4.69, 9.17) is 0 Å². The quantitative estimate of drug-likeness (QED) is 0.183. The van der Waals surface area contributed by atoms with Gasteiger partial charge in [-0.15, -0.1) is 0 Å². The number of unbranched alkanes of at least 4 members (excludes halogenated alkanes) is 1. The molecule has 1 heterocycles. The van der Waals surface area contributed by atoms with E-state index in [2.05, 4.69) is 78.0 Å². The first-order valence-corrected chi connectivity index (χ1v) is 12.6. The number of aromatic nitrogens is 1. The number of pyridine rings is 1. The first kappa shape index (κ1) is 29.0. The van der Waals surface area contributed by atoms with Crippen molar-refractivity contribution in [3.05, 3.63) is 90.3 Å². The van der Waals surface area contributed by atoms with E-state index in [1.807, 2.05) is 6.92 Å². The predicted octanol–water partition coefficient (Wildman–Crippen LogP) is 7.39. The molecule has 4 heteroatoms. The molecule has 1 amide bonds. The first-order chi connectivity index (χ1) is 16.6. The fourth-order valence-electron chi connectivity index (χ4n) is 3.22. The zero-order valence-corrected chi connectivity index (χ0v) is 21.0. The lowest BCUT2D eigenvalue weighted by Crippen LogP contribution is -2.25. The summed E-state index contributed by atoms with van der Waals surface area (Å²) in [7, 11) is 0. The van der Waals surface area contributed by atoms with Crippen LogP contribution in [0.1, 0.15) is 87.2 Å². The molecule has 0 fully saturated rings. The summed E-state index contributed by atoms with van der Waals surface area (Å²) in [5, 5.41) is 2.86. The van der Waals surface area contributed by atoms with Gasteiger partial charge in [-0.2, -0.15) is 0 Å². The molecule has 4 nitrogen and oxygen atoms in total. The maximum absolute atomic E-state index is 12.1. The van der Waals surface area contributed by atoms with Crippen LogP contribution in [0.25, 0.3) is 0 Å². The average molecular weight is 463 g/mol. The molecule has 1 rings (SSSR count). The second-order valence-corrected chi connectivity index (χ2v) is 8.13. The Morgan fingerprint density at radius 3 is 1.97 bits per heavy atom. The van der Waals surface area contributed by atoms with Crippen molar-refractivity contribution in [2.24, 2.45) is 0 Å². The van der Waals surface area contributed by atoms with Gasteiger partial charge in [-0.3, -0.25) is 14.6 Å². The summed E-state index contributed by atoms with van der Waals surface area (Å²) < 4.78 is 0. The standard InChI is InChI=1S/C30H42N2O2/c1-3-4-5-6-7-8-9-10-11-12-13-14-15-16-17-18-19-22-28(33)23-20-26-32-30(34)29-24-21-25-31-27(29)2/h4-5,7-8,10-11,13-14,16-17,21,24-25H,3,6,9,12,15,18-20,22-23,26H2,1-2H3,(H,32,34)/b5-4-,8-7-,11-10-,14-13-,17-16-. The lowest BCUT2D eigenvalue weighted by molar-refractivity contribution is -0.119. The number of nitrogens with zero attached hydrogens (tertiary/aromatic N) is 1. The molecule has 0 aromatic carbocycles. The van der Waals surface area contributed by atoms with Crippen molar-refractivity contribution in [2.45, 2.75) is 78.1 Å². The highest BCUT2D eigenvalue weighted by Crippen LogP contribution is 2.05. The molecule has 0 aliphatic rings. The Morgan fingerprint density at radius 2 is 1.38 bits per heavy atom. The minimum absolute atomic E-state index is 0.128. The molecule has 0 radical (unpaired) electrons. The van der Waals surface area contributed by atoms with E-state index in [9.17, 15) is 9.59 Å². The number of ketones is 1.